The number of hydrogen-bond donors (Lipinski definition) is 2. The molecule has 2 aromatic carbocycles. The molecule has 3 aromatic rings. The van der Waals surface area contributed by atoms with Crippen LogP contribution in [0.15, 0.2) is 48.5 Å². The summed E-state index contributed by atoms with van der Waals surface area (Å²) in [6.45, 7) is 8.45. The Morgan fingerprint density at radius 3 is 2.30 bits per heavy atom. The van der Waals surface area contributed by atoms with E-state index < -0.39 is 11.6 Å². The van der Waals surface area contributed by atoms with Gasteiger partial charge in [-0.3, -0.25) is 0 Å². The number of aromatic carboxylic acids is 1. The van der Waals surface area contributed by atoms with E-state index in [1.807, 2.05) is 36.4 Å². The van der Waals surface area contributed by atoms with E-state index in [0.29, 0.717) is 17.7 Å². The summed E-state index contributed by atoms with van der Waals surface area (Å²) < 4.78 is 2.22. The van der Waals surface area contributed by atoms with Crippen molar-refractivity contribution in [1.82, 2.24) is 9.55 Å². The van der Waals surface area contributed by atoms with E-state index in [0.717, 1.165) is 47.6 Å². The first-order valence-electron chi connectivity index (χ1n) is 10.5. The number of nitrogens with zero attached hydrogens (tertiary/aromatic N) is 2. The Bertz CT molecular complexity index is 1030. The molecule has 0 atom stereocenters. The summed E-state index contributed by atoms with van der Waals surface area (Å²) in [5.41, 5.74) is 3.83. The lowest BCUT2D eigenvalue weighted by Gasteiger charge is -2.18. The zero-order chi connectivity index (χ0) is 21.9. The second-order valence-corrected chi connectivity index (χ2v) is 8.12. The van der Waals surface area contributed by atoms with Crippen LogP contribution in [0.2, 0.25) is 0 Å². The van der Waals surface area contributed by atoms with Gasteiger partial charge in [0, 0.05) is 18.7 Å². The number of aliphatic hydroxyl groups is 1. The molecular formula is C25H30N2O3. The standard InChI is InChI=1S/C25H30N2O3/c1-5-9-22-26-23(25(3,4)30)21(6-2)27(22)16-17-12-14-18(15-13-17)19-10-7-8-11-20(19)24(28)29/h7-8,10-15,30H,5-6,9,16H2,1-4H3,(H,28,29). The zero-order valence-electron chi connectivity index (χ0n) is 18.1. The van der Waals surface area contributed by atoms with Crippen LogP contribution in [0.1, 0.15) is 67.2 Å². The fraction of sp³-hybridized carbons (Fsp3) is 0.360. The first kappa shape index (κ1) is 21.8. The number of carboxylic acids is 1. The first-order chi connectivity index (χ1) is 14.3. The fourth-order valence-electron chi connectivity index (χ4n) is 3.88. The van der Waals surface area contributed by atoms with Gasteiger partial charge in [-0.25, -0.2) is 9.78 Å². The molecule has 5 nitrogen and oxygen atoms in total. The average molecular weight is 407 g/mol. The number of benzene rings is 2. The van der Waals surface area contributed by atoms with Gasteiger partial charge in [0.1, 0.15) is 11.4 Å². The van der Waals surface area contributed by atoms with E-state index in [2.05, 4.69) is 18.4 Å². The maximum atomic E-state index is 11.5. The third kappa shape index (κ3) is 4.46. The second-order valence-electron chi connectivity index (χ2n) is 8.12. The normalized spacial score (nSPS) is 11.6. The van der Waals surface area contributed by atoms with Crippen LogP contribution in [0.25, 0.3) is 11.1 Å². The minimum Gasteiger partial charge on any atom is -0.478 e. The highest BCUT2D eigenvalue weighted by atomic mass is 16.4. The van der Waals surface area contributed by atoms with Crippen molar-refractivity contribution in [2.75, 3.05) is 0 Å². The van der Waals surface area contributed by atoms with Gasteiger partial charge in [-0.15, -0.1) is 0 Å². The molecule has 0 spiro atoms. The maximum absolute atomic E-state index is 11.5. The molecule has 1 aromatic heterocycles. The van der Waals surface area contributed by atoms with Gasteiger partial charge >= 0.3 is 5.97 Å². The Balaban J connectivity index is 1.96. The van der Waals surface area contributed by atoms with E-state index in [9.17, 15) is 15.0 Å². The topological polar surface area (TPSA) is 75.4 Å². The van der Waals surface area contributed by atoms with Crippen LogP contribution >= 0.6 is 0 Å². The van der Waals surface area contributed by atoms with Crippen molar-refractivity contribution in [1.29, 1.82) is 0 Å². The molecule has 0 unspecified atom stereocenters. The van der Waals surface area contributed by atoms with Crippen molar-refractivity contribution >= 4 is 5.97 Å². The van der Waals surface area contributed by atoms with Gasteiger partial charge in [0.2, 0.25) is 0 Å². The SMILES string of the molecule is CCCc1nc(C(C)(C)O)c(CC)n1Cc1ccc(-c2ccccc2C(=O)O)cc1. The lowest BCUT2D eigenvalue weighted by atomic mass is 9.98. The van der Waals surface area contributed by atoms with Gasteiger partial charge in [-0.05, 0) is 49.4 Å². The number of hydrogen-bond acceptors (Lipinski definition) is 3. The Morgan fingerprint density at radius 2 is 1.73 bits per heavy atom. The van der Waals surface area contributed by atoms with Crippen molar-refractivity contribution in [3.63, 3.8) is 0 Å². The Morgan fingerprint density at radius 1 is 1.07 bits per heavy atom. The molecule has 1 heterocycles. The summed E-state index contributed by atoms with van der Waals surface area (Å²) in [5.74, 6) is 0.0656. The summed E-state index contributed by atoms with van der Waals surface area (Å²) in [4.78, 5) is 16.3. The lowest BCUT2D eigenvalue weighted by molar-refractivity contribution is 0.0696. The summed E-state index contributed by atoms with van der Waals surface area (Å²) in [7, 11) is 0. The molecular weight excluding hydrogens is 376 g/mol. The molecule has 0 bridgehead atoms. The molecule has 0 amide bonds. The van der Waals surface area contributed by atoms with Crippen LogP contribution in [0.5, 0.6) is 0 Å². The summed E-state index contributed by atoms with van der Waals surface area (Å²) in [5, 5.41) is 20.0. The van der Waals surface area contributed by atoms with Gasteiger partial charge in [-0.1, -0.05) is 56.3 Å². The number of carboxylic acid groups (broad SMARTS) is 1. The molecule has 0 saturated heterocycles. The van der Waals surface area contributed by atoms with E-state index >= 15 is 0 Å². The molecule has 158 valence electrons. The van der Waals surface area contributed by atoms with Crippen LogP contribution < -0.4 is 0 Å². The van der Waals surface area contributed by atoms with E-state index in [1.54, 1.807) is 26.0 Å². The molecule has 0 saturated carbocycles. The highest BCUT2D eigenvalue weighted by molar-refractivity contribution is 5.95. The minimum atomic E-state index is -0.983. The van der Waals surface area contributed by atoms with Gasteiger partial charge < -0.3 is 14.8 Å². The largest absolute Gasteiger partial charge is 0.478 e. The molecule has 0 aliphatic carbocycles. The number of aryl methyl sites for hydroxylation is 1. The maximum Gasteiger partial charge on any atom is 0.336 e. The molecule has 30 heavy (non-hydrogen) atoms. The lowest BCUT2D eigenvalue weighted by Crippen LogP contribution is -2.19. The molecule has 5 heteroatoms. The zero-order valence-corrected chi connectivity index (χ0v) is 18.1. The van der Waals surface area contributed by atoms with Gasteiger partial charge in [0.15, 0.2) is 0 Å². The Hall–Kier alpha value is -2.92. The van der Waals surface area contributed by atoms with Gasteiger partial charge in [0.25, 0.3) is 0 Å². The Kier molecular flexibility index (Phi) is 6.42. The smallest absolute Gasteiger partial charge is 0.336 e. The highest BCUT2D eigenvalue weighted by Crippen LogP contribution is 2.28. The predicted octanol–water partition coefficient (Wildman–Crippen LogP) is 5.04. The fourth-order valence-corrected chi connectivity index (χ4v) is 3.88. The number of carbonyl (C=O) groups is 1. The van der Waals surface area contributed by atoms with E-state index in [-0.39, 0.29) is 0 Å². The molecule has 0 aliphatic heterocycles. The first-order valence-corrected chi connectivity index (χ1v) is 10.5. The average Bonchev–Trinajstić information content (AvgIpc) is 3.06. The predicted molar refractivity (Wildman–Crippen MR) is 119 cm³/mol. The summed E-state index contributed by atoms with van der Waals surface area (Å²) in [6, 6.07) is 15.1. The van der Waals surface area contributed by atoms with E-state index in [4.69, 9.17) is 4.98 Å². The van der Waals surface area contributed by atoms with Crippen LogP contribution in [0, 0.1) is 0 Å². The monoisotopic (exact) mass is 406 g/mol. The van der Waals surface area contributed by atoms with Gasteiger partial charge in [0.05, 0.1) is 11.3 Å². The third-order valence-electron chi connectivity index (χ3n) is 5.30. The van der Waals surface area contributed by atoms with Crippen molar-refractivity contribution < 1.29 is 15.0 Å². The molecule has 3 rings (SSSR count). The molecule has 2 N–H and O–H groups in total. The summed E-state index contributed by atoms with van der Waals surface area (Å²) in [6.07, 6.45) is 2.63. The number of imidazole rings is 1. The Labute approximate surface area is 178 Å². The second kappa shape index (κ2) is 8.84. The number of rotatable bonds is 8. The van der Waals surface area contributed by atoms with Crippen LogP contribution in [0.3, 0.4) is 0 Å². The molecule has 0 fully saturated rings. The quantitative estimate of drug-likeness (QED) is 0.550. The van der Waals surface area contributed by atoms with Crippen molar-refractivity contribution in [2.24, 2.45) is 0 Å². The van der Waals surface area contributed by atoms with Crippen LogP contribution in [-0.4, -0.2) is 25.7 Å². The number of aromatic nitrogens is 2. The minimum absolute atomic E-state index is 0.299. The van der Waals surface area contributed by atoms with Crippen molar-refractivity contribution in [2.45, 2.75) is 59.1 Å². The van der Waals surface area contributed by atoms with Gasteiger partial charge in [-0.2, -0.15) is 0 Å². The summed E-state index contributed by atoms with van der Waals surface area (Å²) >= 11 is 0. The van der Waals surface area contributed by atoms with Crippen molar-refractivity contribution in [3.8, 4) is 11.1 Å². The van der Waals surface area contributed by atoms with Crippen LogP contribution in [-0.2, 0) is 25.0 Å². The molecule has 0 radical (unpaired) electrons. The molecule has 0 aliphatic rings. The third-order valence-corrected chi connectivity index (χ3v) is 5.30. The van der Waals surface area contributed by atoms with Crippen LogP contribution in [0.4, 0.5) is 0 Å². The highest BCUT2D eigenvalue weighted by Gasteiger charge is 2.26. The van der Waals surface area contributed by atoms with E-state index in [1.165, 1.54) is 0 Å². The van der Waals surface area contributed by atoms with Crippen molar-refractivity contribution in [3.05, 3.63) is 76.9 Å².